The van der Waals surface area contributed by atoms with Gasteiger partial charge in [-0.25, -0.2) is 4.98 Å². The van der Waals surface area contributed by atoms with Crippen LogP contribution in [0.2, 0.25) is 0 Å². The second-order valence-corrected chi connectivity index (χ2v) is 7.20. The standard InChI is InChI=1S/C18H30N2O/c1-5-16-11-15(13-19-18(2,3)4)12-17(20-16)21-10-9-14-7-6-8-14/h11-12,14,19H,5-10,13H2,1-4H3. The van der Waals surface area contributed by atoms with E-state index in [1.807, 2.05) is 0 Å². The van der Waals surface area contributed by atoms with Gasteiger partial charge in [0.05, 0.1) is 6.61 Å². The molecule has 0 saturated heterocycles. The van der Waals surface area contributed by atoms with Crippen LogP contribution in [-0.2, 0) is 13.0 Å². The first-order valence-electron chi connectivity index (χ1n) is 8.34. The molecule has 2 rings (SSSR count). The summed E-state index contributed by atoms with van der Waals surface area (Å²) in [7, 11) is 0. The maximum Gasteiger partial charge on any atom is 0.213 e. The zero-order valence-corrected chi connectivity index (χ0v) is 14.0. The summed E-state index contributed by atoms with van der Waals surface area (Å²) in [5.74, 6) is 1.68. The van der Waals surface area contributed by atoms with Crippen LogP contribution < -0.4 is 10.1 Å². The first kappa shape index (κ1) is 16.3. The van der Waals surface area contributed by atoms with Crippen molar-refractivity contribution in [3.05, 3.63) is 23.4 Å². The van der Waals surface area contributed by atoms with Crippen molar-refractivity contribution in [2.24, 2.45) is 5.92 Å². The molecule has 3 heteroatoms. The Morgan fingerprint density at radius 1 is 1.29 bits per heavy atom. The van der Waals surface area contributed by atoms with Crippen molar-refractivity contribution in [2.45, 2.75) is 71.9 Å². The van der Waals surface area contributed by atoms with E-state index < -0.39 is 0 Å². The van der Waals surface area contributed by atoms with Crippen molar-refractivity contribution >= 4 is 0 Å². The van der Waals surface area contributed by atoms with Crippen LogP contribution in [0.25, 0.3) is 0 Å². The third kappa shape index (κ3) is 5.66. The average molecular weight is 290 g/mol. The van der Waals surface area contributed by atoms with Gasteiger partial charge in [-0.15, -0.1) is 0 Å². The second kappa shape index (κ2) is 7.26. The van der Waals surface area contributed by atoms with Crippen molar-refractivity contribution in [3.8, 4) is 5.88 Å². The lowest BCUT2D eigenvalue weighted by atomic mass is 9.83. The molecular formula is C18H30N2O. The third-order valence-electron chi connectivity index (χ3n) is 4.10. The fourth-order valence-electron chi connectivity index (χ4n) is 2.46. The molecule has 0 aromatic carbocycles. The number of aromatic nitrogens is 1. The van der Waals surface area contributed by atoms with Gasteiger partial charge in [0.15, 0.2) is 0 Å². The van der Waals surface area contributed by atoms with Gasteiger partial charge in [-0.2, -0.15) is 0 Å². The highest BCUT2D eigenvalue weighted by Gasteiger charge is 2.17. The fourth-order valence-corrected chi connectivity index (χ4v) is 2.46. The van der Waals surface area contributed by atoms with Gasteiger partial charge in [0.25, 0.3) is 0 Å². The molecule has 3 nitrogen and oxygen atoms in total. The first-order valence-corrected chi connectivity index (χ1v) is 8.34. The molecule has 0 unspecified atom stereocenters. The van der Waals surface area contributed by atoms with E-state index in [-0.39, 0.29) is 5.54 Å². The van der Waals surface area contributed by atoms with Crippen molar-refractivity contribution < 1.29 is 4.74 Å². The van der Waals surface area contributed by atoms with E-state index in [1.165, 1.54) is 31.2 Å². The lowest BCUT2D eigenvalue weighted by Gasteiger charge is -2.25. The molecule has 1 aromatic heterocycles. The largest absolute Gasteiger partial charge is 0.478 e. The minimum atomic E-state index is 0.126. The smallest absolute Gasteiger partial charge is 0.213 e. The van der Waals surface area contributed by atoms with E-state index in [4.69, 9.17) is 4.74 Å². The van der Waals surface area contributed by atoms with E-state index in [1.54, 1.807) is 0 Å². The van der Waals surface area contributed by atoms with Gasteiger partial charge in [0.1, 0.15) is 0 Å². The second-order valence-electron chi connectivity index (χ2n) is 7.20. The lowest BCUT2D eigenvalue weighted by Crippen LogP contribution is -2.35. The SMILES string of the molecule is CCc1cc(CNC(C)(C)C)cc(OCCC2CCC2)n1. The zero-order valence-electron chi connectivity index (χ0n) is 14.0. The minimum Gasteiger partial charge on any atom is -0.478 e. The van der Waals surface area contributed by atoms with E-state index in [9.17, 15) is 0 Å². The number of pyridine rings is 1. The summed E-state index contributed by atoms with van der Waals surface area (Å²) in [6.07, 6.45) is 6.28. The summed E-state index contributed by atoms with van der Waals surface area (Å²) in [4.78, 5) is 4.59. The van der Waals surface area contributed by atoms with Crippen LogP contribution in [0.15, 0.2) is 12.1 Å². The van der Waals surface area contributed by atoms with Crippen LogP contribution in [0.4, 0.5) is 0 Å². The highest BCUT2D eigenvalue weighted by atomic mass is 16.5. The maximum absolute atomic E-state index is 5.89. The molecule has 0 radical (unpaired) electrons. The van der Waals surface area contributed by atoms with Gasteiger partial charge in [-0.05, 0) is 51.2 Å². The van der Waals surface area contributed by atoms with E-state index in [2.05, 4.69) is 50.1 Å². The molecule has 1 saturated carbocycles. The predicted molar refractivity (Wildman–Crippen MR) is 87.7 cm³/mol. The molecule has 1 aliphatic rings. The summed E-state index contributed by atoms with van der Waals surface area (Å²) in [6.45, 7) is 10.4. The molecule has 0 atom stereocenters. The van der Waals surface area contributed by atoms with Crippen LogP contribution >= 0.6 is 0 Å². The van der Waals surface area contributed by atoms with Gasteiger partial charge >= 0.3 is 0 Å². The average Bonchev–Trinajstić information content (AvgIpc) is 2.38. The monoisotopic (exact) mass is 290 g/mol. The van der Waals surface area contributed by atoms with Crippen LogP contribution in [0.5, 0.6) is 5.88 Å². The highest BCUT2D eigenvalue weighted by Crippen LogP contribution is 2.29. The minimum absolute atomic E-state index is 0.126. The van der Waals surface area contributed by atoms with Gasteiger partial charge in [-0.3, -0.25) is 0 Å². The Bertz CT molecular complexity index is 447. The predicted octanol–water partition coefficient (Wildman–Crippen LogP) is 4.10. The third-order valence-corrected chi connectivity index (χ3v) is 4.10. The number of aryl methyl sites for hydroxylation is 1. The number of nitrogens with zero attached hydrogens (tertiary/aromatic N) is 1. The Balaban J connectivity index is 1.92. The fraction of sp³-hybridized carbons (Fsp3) is 0.722. The zero-order chi connectivity index (χ0) is 15.3. The molecular weight excluding hydrogens is 260 g/mol. The lowest BCUT2D eigenvalue weighted by molar-refractivity contribution is 0.217. The molecule has 1 N–H and O–H groups in total. The highest BCUT2D eigenvalue weighted by molar-refractivity contribution is 5.25. The molecule has 1 heterocycles. The Hall–Kier alpha value is -1.09. The molecule has 0 spiro atoms. The Labute approximate surface area is 129 Å². The Morgan fingerprint density at radius 3 is 2.62 bits per heavy atom. The normalized spacial score (nSPS) is 15.8. The molecule has 0 bridgehead atoms. The molecule has 0 aliphatic heterocycles. The summed E-state index contributed by atoms with van der Waals surface area (Å²) >= 11 is 0. The topological polar surface area (TPSA) is 34.1 Å². The van der Waals surface area contributed by atoms with Gasteiger partial charge < -0.3 is 10.1 Å². The molecule has 1 aliphatic carbocycles. The Morgan fingerprint density at radius 2 is 2.05 bits per heavy atom. The summed E-state index contributed by atoms with van der Waals surface area (Å²) in [6, 6.07) is 4.26. The molecule has 1 fully saturated rings. The summed E-state index contributed by atoms with van der Waals surface area (Å²) in [5, 5.41) is 3.53. The van der Waals surface area contributed by atoms with E-state index in [0.717, 1.165) is 37.1 Å². The van der Waals surface area contributed by atoms with Gasteiger partial charge in [-0.1, -0.05) is 26.2 Å². The van der Waals surface area contributed by atoms with Crippen molar-refractivity contribution in [1.82, 2.24) is 10.3 Å². The van der Waals surface area contributed by atoms with Crippen LogP contribution in [-0.4, -0.2) is 17.1 Å². The Kier molecular flexibility index (Phi) is 5.63. The maximum atomic E-state index is 5.89. The number of hydrogen-bond donors (Lipinski definition) is 1. The quantitative estimate of drug-likeness (QED) is 0.821. The van der Waals surface area contributed by atoms with Crippen molar-refractivity contribution in [1.29, 1.82) is 0 Å². The molecule has 118 valence electrons. The van der Waals surface area contributed by atoms with E-state index in [0.29, 0.717) is 0 Å². The summed E-state index contributed by atoms with van der Waals surface area (Å²) in [5.41, 5.74) is 2.50. The molecule has 1 aromatic rings. The van der Waals surface area contributed by atoms with Crippen LogP contribution in [0, 0.1) is 5.92 Å². The number of rotatable bonds is 7. The van der Waals surface area contributed by atoms with Crippen LogP contribution in [0.1, 0.15) is 64.6 Å². The molecule has 0 amide bonds. The molecule has 21 heavy (non-hydrogen) atoms. The van der Waals surface area contributed by atoms with Crippen molar-refractivity contribution in [2.75, 3.05) is 6.61 Å². The van der Waals surface area contributed by atoms with Crippen molar-refractivity contribution in [3.63, 3.8) is 0 Å². The van der Waals surface area contributed by atoms with E-state index >= 15 is 0 Å². The number of nitrogens with one attached hydrogen (secondary N) is 1. The number of ether oxygens (including phenoxy) is 1. The van der Waals surface area contributed by atoms with Gasteiger partial charge in [0.2, 0.25) is 5.88 Å². The summed E-state index contributed by atoms with van der Waals surface area (Å²) < 4.78 is 5.89. The number of hydrogen-bond acceptors (Lipinski definition) is 3. The first-order chi connectivity index (χ1) is 9.96. The van der Waals surface area contributed by atoms with Gasteiger partial charge in [0, 0.05) is 23.8 Å². The van der Waals surface area contributed by atoms with Crippen LogP contribution in [0.3, 0.4) is 0 Å².